The Kier molecular flexibility index (Phi) is 12.0. The molecule has 5 aliphatic rings. The lowest BCUT2D eigenvalue weighted by atomic mass is 9.96. The number of ether oxygens (including phenoxy) is 3. The van der Waals surface area contributed by atoms with Crippen molar-refractivity contribution in [2.45, 2.75) is 139 Å². The summed E-state index contributed by atoms with van der Waals surface area (Å²) in [5, 5.41) is 23.1. The van der Waals surface area contributed by atoms with E-state index in [-0.39, 0.29) is 31.4 Å². The molecule has 1 aromatic carbocycles. The number of aliphatic carboxylic acids is 1. The third-order valence-corrected chi connectivity index (χ3v) is 13.2. The van der Waals surface area contributed by atoms with Crippen molar-refractivity contribution in [3.63, 3.8) is 0 Å². The minimum atomic E-state index is -1.45. The van der Waals surface area contributed by atoms with Crippen LogP contribution < -0.4 is 25.4 Å². The molecular formula is C43H54N6O8S. The topological polar surface area (TPSA) is 181 Å². The van der Waals surface area contributed by atoms with Gasteiger partial charge in [0.05, 0.1) is 24.9 Å². The van der Waals surface area contributed by atoms with Crippen LogP contribution in [0.3, 0.4) is 0 Å². The number of amides is 3. The molecule has 4 N–H and O–H groups in total. The van der Waals surface area contributed by atoms with Crippen LogP contribution in [0.15, 0.2) is 41.8 Å². The van der Waals surface area contributed by atoms with E-state index in [9.17, 15) is 24.3 Å². The largest absolute Gasteiger partial charge is 0.497 e. The zero-order chi connectivity index (χ0) is 40.2. The van der Waals surface area contributed by atoms with E-state index < -0.39 is 47.6 Å². The van der Waals surface area contributed by atoms with Gasteiger partial charge in [-0.2, -0.15) is 0 Å². The molecule has 1 unspecified atom stereocenters. The van der Waals surface area contributed by atoms with Gasteiger partial charge in [0, 0.05) is 41.3 Å². The van der Waals surface area contributed by atoms with Gasteiger partial charge in [0.2, 0.25) is 11.8 Å². The number of rotatable bonds is 9. The number of carbonyl (C=O) groups is 4. The number of allylic oxidation sites excluding steroid dienone is 1. The number of thiazole rings is 1. The fourth-order valence-electron chi connectivity index (χ4n) is 9.07. The molecule has 58 heavy (non-hydrogen) atoms. The lowest BCUT2D eigenvalue weighted by Crippen LogP contribution is -2.56. The van der Waals surface area contributed by atoms with E-state index in [2.05, 4.69) is 16.0 Å². The van der Waals surface area contributed by atoms with Gasteiger partial charge in [0.15, 0.2) is 5.13 Å². The number of carboxylic acid groups (broad SMARTS) is 1. The number of carboxylic acids is 1. The lowest BCUT2D eigenvalue weighted by Gasteiger charge is -2.29. The van der Waals surface area contributed by atoms with Crippen molar-refractivity contribution in [3.8, 4) is 22.9 Å². The molecule has 8 rings (SSSR count). The first kappa shape index (κ1) is 39.9. The van der Waals surface area contributed by atoms with Crippen molar-refractivity contribution < 1.29 is 38.5 Å². The first-order chi connectivity index (χ1) is 28.2. The van der Waals surface area contributed by atoms with Gasteiger partial charge < -0.3 is 40.2 Å². The van der Waals surface area contributed by atoms with E-state index in [1.807, 2.05) is 41.8 Å². The quantitative estimate of drug-likeness (QED) is 0.164. The molecule has 3 aliphatic carbocycles. The van der Waals surface area contributed by atoms with Crippen LogP contribution in [0.4, 0.5) is 9.93 Å². The number of pyridine rings is 1. The molecule has 4 heterocycles. The predicted molar refractivity (Wildman–Crippen MR) is 219 cm³/mol. The van der Waals surface area contributed by atoms with E-state index >= 15 is 0 Å². The molecule has 3 aromatic rings. The van der Waals surface area contributed by atoms with Gasteiger partial charge in [-0.25, -0.2) is 19.6 Å². The summed E-state index contributed by atoms with van der Waals surface area (Å²) in [5.74, 6) is -1.32. The molecule has 2 aromatic heterocycles. The van der Waals surface area contributed by atoms with E-state index in [1.54, 1.807) is 7.11 Å². The van der Waals surface area contributed by atoms with Crippen LogP contribution in [0, 0.1) is 5.92 Å². The maximum absolute atomic E-state index is 14.6. The number of carbonyl (C=O) groups excluding carboxylic acids is 3. The standard InChI is InChI=1S/C43H54N6O8S/c1-55-29-18-19-31-33(20-29)45-34(35-25-58-41(46-35)44-27-13-7-5-8-14-27)22-37(31)56-30-21-36-38(50)48-43(40(52)53)23-26(43)12-6-3-2-4-9-17-32(39(51)49(36)24-30)47-42(54)57-28-15-10-11-16-28/h6,12,18-20,22,25-28,30,32,36H,2-5,7-11,13-17,21,23-24H2,1H3,(H,44,46)(H,47,54)(H,48,50)(H,52,53)/b12-6-/t26?,30-,32+,36+,43-/m1/s1. The Bertz CT molecular complexity index is 2030. The van der Waals surface area contributed by atoms with Crippen LogP contribution in [0.2, 0.25) is 0 Å². The first-order valence-corrected chi connectivity index (χ1v) is 21.9. The van der Waals surface area contributed by atoms with E-state index in [0.29, 0.717) is 52.7 Å². The number of alkyl carbamates (subject to hydrolysis) is 1. The zero-order valence-electron chi connectivity index (χ0n) is 33.1. The fourth-order valence-corrected chi connectivity index (χ4v) is 9.85. The first-order valence-electron chi connectivity index (χ1n) is 21.1. The van der Waals surface area contributed by atoms with Gasteiger partial charge in [-0.3, -0.25) is 9.59 Å². The predicted octanol–water partition coefficient (Wildman–Crippen LogP) is 6.98. The maximum Gasteiger partial charge on any atom is 0.408 e. The van der Waals surface area contributed by atoms with Crippen LogP contribution in [0.25, 0.3) is 22.3 Å². The molecule has 3 saturated carbocycles. The highest BCUT2D eigenvalue weighted by Gasteiger charge is 2.61. The Morgan fingerprint density at radius 3 is 2.52 bits per heavy atom. The summed E-state index contributed by atoms with van der Waals surface area (Å²) in [4.78, 5) is 66.0. The number of anilines is 1. The third kappa shape index (κ3) is 8.88. The lowest BCUT2D eigenvalue weighted by molar-refractivity contribution is -0.145. The van der Waals surface area contributed by atoms with Gasteiger partial charge >= 0.3 is 12.1 Å². The van der Waals surface area contributed by atoms with E-state index in [4.69, 9.17) is 24.2 Å². The van der Waals surface area contributed by atoms with Crippen molar-refractivity contribution in [1.29, 1.82) is 0 Å². The van der Waals surface area contributed by atoms with Gasteiger partial charge in [0.25, 0.3) is 0 Å². The van der Waals surface area contributed by atoms with Gasteiger partial charge in [-0.05, 0) is 76.3 Å². The van der Waals surface area contributed by atoms with Gasteiger partial charge in [0.1, 0.15) is 47.0 Å². The van der Waals surface area contributed by atoms with Crippen LogP contribution in [-0.4, -0.2) is 93.4 Å². The Hall–Kier alpha value is -4.92. The van der Waals surface area contributed by atoms with E-state index in [1.165, 1.54) is 35.5 Å². The number of nitrogens with zero attached hydrogens (tertiary/aromatic N) is 3. The van der Waals surface area contributed by atoms with Crippen LogP contribution in [-0.2, 0) is 19.1 Å². The number of methoxy groups -OCH3 is 1. The summed E-state index contributed by atoms with van der Waals surface area (Å²) in [6.07, 6.45) is 15.7. The van der Waals surface area contributed by atoms with Crippen molar-refractivity contribution in [3.05, 3.63) is 41.8 Å². The molecule has 310 valence electrons. The molecule has 0 radical (unpaired) electrons. The molecule has 2 aliphatic heterocycles. The minimum absolute atomic E-state index is 0.0393. The number of nitrogens with one attached hydrogen (secondary N) is 3. The SMILES string of the molecule is COc1ccc2c(O[C@@H]3C[C@H]4C(=O)N[C@]5(C(=O)O)CC5/C=C\CCCCC[C@H](NC(=O)OC5CCCC5)C(=O)N4C3)cc(-c3csc(NC4CCCCC4)n3)nc2c1. The van der Waals surface area contributed by atoms with Crippen LogP contribution in [0.1, 0.15) is 103 Å². The van der Waals surface area contributed by atoms with E-state index in [0.717, 1.165) is 62.9 Å². The highest BCUT2D eigenvalue weighted by atomic mass is 32.1. The molecule has 4 fully saturated rings. The molecule has 1 saturated heterocycles. The summed E-state index contributed by atoms with van der Waals surface area (Å²) in [6, 6.07) is 5.80. The number of hydrogen-bond acceptors (Lipinski definition) is 11. The summed E-state index contributed by atoms with van der Waals surface area (Å²) in [7, 11) is 1.60. The Labute approximate surface area is 342 Å². The Morgan fingerprint density at radius 1 is 0.948 bits per heavy atom. The normalized spacial score (nSPS) is 27.7. The molecule has 0 spiro atoms. The second-order valence-corrected chi connectivity index (χ2v) is 17.4. The highest BCUT2D eigenvalue weighted by Crippen LogP contribution is 2.45. The fraction of sp³-hybridized carbons (Fsp3) is 0.581. The summed E-state index contributed by atoms with van der Waals surface area (Å²) >= 11 is 1.53. The molecular weight excluding hydrogens is 761 g/mol. The smallest absolute Gasteiger partial charge is 0.408 e. The van der Waals surface area contributed by atoms with Gasteiger partial charge in [-0.15, -0.1) is 11.3 Å². The van der Waals surface area contributed by atoms with Crippen molar-refractivity contribution in [2.75, 3.05) is 19.0 Å². The average molecular weight is 815 g/mol. The summed E-state index contributed by atoms with van der Waals surface area (Å²) < 4.78 is 18.0. The van der Waals surface area contributed by atoms with Crippen LogP contribution in [0.5, 0.6) is 11.5 Å². The molecule has 0 bridgehead atoms. The molecule has 14 nitrogen and oxygen atoms in total. The molecule has 3 amide bonds. The Balaban J connectivity index is 1.09. The van der Waals surface area contributed by atoms with Crippen LogP contribution >= 0.6 is 11.3 Å². The molecule has 5 atom stereocenters. The van der Waals surface area contributed by atoms with Gasteiger partial charge in [-0.1, -0.05) is 44.3 Å². The maximum atomic E-state index is 14.6. The summed E-state index contributed by atoms with van der Waals surface area (Å²) in [6.45, 7) is 0.0393. The third-order valence-electron chi connectivity index (χ3n) is 12.5. The summed E-state index contributed by atoms with van der Waals surface area (Å²) in [5.41, 5.74) is 0.477. The number of fused-ring (bicyclic) bond motifs is 3. The Morgan fingerprint density at radius 2 is 1.72 bits per heavy atom. The van der Waals surface area contributed by atoms with Crippen molar-refractivity contribution >= 4 is 51.2 Å². The monoisotopic (exact) mass is 814 g/mol. The minimum Gasteiger partial charge on any atom is -0.497 e. The van der Waals surface area contributed by atoms with Crippen molar-refractivity contribution in [2.24, 2.45) is 5.92 Å². The number of aromatic nitrogens is 2. The second-order valence-electron chi connectivity index (χ2n) is 16.5. The molecule has 15 heteroatoms. The zero-order valence-corrected chi connectivity index (χ0v) is 33.9. The van der Waals surface area contributed by atoms with Crippen molar-refractivity contribution in [1.82, 2.24) is 25.5 Å². The second kappa shape index (κ2) is 17.5. The average Bonchev–Trinajstić information content (AvgIpc) is 3.65. The highest BCUT2D eigenvalue weighted by molar-refractivity contribution is 7.14. The number of benzene rings is 1. The number of hydrogen-bond donors (Lipinski definition) is 4.